The van der Waals surface area contributed by atoms with E-state index in [1.54, 1.807) is 32.5 Å². The van der Waals surface area contributed by atoms with E-state index in [0.717, 1.165) is 16.3 Å². The number of carbonyl (C=O) groups excluding carboxylic acids is 1. The molecule has 0 atom stereocenters. The van der Waals surface area contributed by atoms with Crippen molar-refractivity contribution in [2.75, 3.05) is 27.7 Å². The first-order chi connectivity index (χ1) is 12.9. The molecule has 0 saturated carbocycles. The smallest absolute Gasteiger partial charge is 0.259 e. The molecule has 0 aliphatic carbocycles. The normalized spacial score (nSPS) is 10.8. The largest absolute Gasteiger partial charge is 0.484 e. The first-order valence-electron chi connectivity index (χ1n) is 8.68. The van der Waals surface area contributed by atoms with Gasteiger partial charge < -0.3 is 20.3 Å². The minimum atomic E-state index is -0.0733. The molecule has 1 aromatic heterocycles. The fraction of sp³-hybridized carbons (Fsp3) is 0.421. The summed E-state index contributed by atoms with van der Waals surface area (Å²) in [6.07, 6.45) is 0. The molecule has 1 heterocycles. The molecule has 0 bridgehead atoms. The van der Waals surface area contributed by atoms with Gasteiger partial charge in [-0.1, -0.05) is 12.1 Å². The Morgan fingerprint density at radius 3 is 2.57 bits per heavy atom. The van der Waals surface area contributed by atoms with Crippen molar-refractivity contribution in [3.05, 3.63) is 45.4 Å². The molecule has 154 valence electrons. The molecule has 0 aliphatic heterocycles. The van der Waals surface area contributed by atoms with Crippen LogP contribution in [0.3, 0.4) is 0 Å². The van der Waals surface area contributed by atoms with Gasteiger partial charge in [0.05, 0.1) is 12.2 Å². The average Bonchev–Trinajstić information content (AvgIpc) is 2.97. The number of benzene rings is 1. The quantitative estimate of drug-likeness (QED) is 0.336. The second-order valence-electron chi connectivity index (χ2n) is 6.25. The standard InChI is InChI=1S/C19H27N5O2S.HI/c1-13-14(2)27-17(23-13)11-22-19(20-3)21-10-15-7-6-8-16(9-15)26-12-18(25)24(4)5;/h6-9H,10-12H2,1-5H3,(H2,20,21,22);1H. The van der Waals surface area contributed by atoms with Gasteiger partial charge in [0.1, 0.15) is 10.8 Å². The lowest BCUT2D eigenvalue weighted by Gasteiger charge is -2.13. The number of amides is 1. The summed E-state index contributed by atoms with van der Waals surface area (Å²) < 4.78 is 5.55. The van der Waals surface area contributed by atoms with E-state index < -0.39 is 0 Å². The van der Waals surface area contributed by atoms with E-state index in [-0.39, 0.29) is 36.5 Å². The molecule has 0 saturated heterocycles. The Morgan fingerprint density at radius 1 is 1.25 bits per heavy atom. The number of aromatic nitrogens is 1. The van der Waals surface area contributed by atoms with Gasteiger partial charge in [-0.2, -0.15) is 0 Å². The van der Waals surface area contributed by atoms with Crippen LogP contribution in [-0.4, -0.2) is 49.5 Å². The number of thiazole rings is 1. The Morgan fingerprint density at radius 2 is 1.96 bits per heavy atom. The lowest BCUT2D eigenvalue weighted by molar-refractivity contribution is -0.130. The molecule has 2 N–H and O–H groups in total. The van der Waals surface area contributed by atoms with Crippen LogP contribution in [0, 0.1) is 13.8 Å². The number of ether oxygens (including phenoxy) is 1. The number of aryl methyl sites for hydroxylation is 2. The molecular formula is C19H28IN5O2S. The van der Waals surface area contributed by atoms with Crippen molar-refractivity contribution in [2.24, 2.45) is 4.99 Å². The van der Waals surface area contributed by atoms with E-state index in [2.05, 4.69) is 27.5 Å². The summed E-state index contributed by atoms with van der Waals surface area (Å²) in [7, 11) is 5.15. The number of nitrogens with zero attached hydrogens (tertiary/aromatic N) is 3. The van der Waals surface area contributed by atoms with Crippen LogP contribution in [0.5, 0.6) is 5.75 Å². The second-order valence-corrected chi connectivity index (χ2v) is 7.54. The van der Waals surface area contributed by atoms with Crippen LogP contribution >= 0.6 is 35.3 Å². The SMILES string of the molecule is CN=C(NCc1cccc(OCC(=O)N(C)C)c1)NCc1nc(C)c(C)s1.I. The second kappa shape index (κ2) is 11.8. The Kier molecular flexibility index (Phi) is 10.2. The van der Waals surface area contributed by atoms with Gasteiger partial charge in [0.15, 0.2) is 12.6 Å². The van der Waals surface area contributed by atoms with E-state index in [1.165, 1.54) is 9.78 Å². The highest BCUT2D eigenvalue weighted by Crippen LogP contribution is 2.16. The Hall–Kier alpha value is -1.88. The highest BCUT2D eigenvalue weighted by atomic mass is 127. The van der Waals surface area contributed by atoms with E-state index in [1.807, 2.05) is 31.2 Å². The number of carbonyl (C=O) groups is 1. The number of hydrogen-bond donors (Lipinski definition) is 2. The van der Waals surface area contributed by atoms with Gasteiger partial charge in [-0.05, 0) is 31.5 Å². The molecule has 0 fully saturated rings. The van der Waals surface area contributed by atoms with Crippen molar-refractivity contribution in [1.29, 1.82) is 0 Å². The molecule has 1 amide bonds. The third kappa shape index (κ3) is 7.63. The molecule has 0 spiro atoms. The van der Waals surface area contributed by atoms with Crippen molar-refractivity contribution in [1.82, 2.24) is 20.5 Å². The Balaban J connectivity index is 0.00000392. The summed E-state index contributed by atoms with van der Waals surface area (Å²) >= 11 is 1.69. The maximum atomic E-state index is 11.6. The van der Waals surface area contributed by atoms with Crippen LogP contribution in [0.2, 0.25) is 0 Å². The van der Waals surface area contributed by atoms with Crippen LogP contribution in [-0.2, 0) is 17.9 Å². The van der Waals surface area contributed by atoms with Crippen LogP contribution in [0.4, 0.5) is 0 Å². The summed E-state index contributed by atoms with van der Waals surface area (Å²) in [5.41, 5.74) is 2.11. The highest BCUT2D eigenvalue weighted by molar-refractivity contribution is 14.0. The molecule has 7 nitrogen and oxygen atoms in total. The summed E-state index contributed by atoms with van der Waals surface area (Å²) in [4.78, 5) is 23.1. The van der Waals surface area contributed by atoms with Gasteiger partial charge >= 0.3 is 0 Å². The van der Waals surface area contributed by atoms with Crippen molar-refractivity contribution in [3.63, 3.8) is 0 Å². The van der Waals surface area contributed by atoms with Gasteiger partial charge in [0.25, 0.3) is 5.91 Å². The minimum absolute atomic E-state index is 0. The van der Waals surface area contributed by atoms with Gasteiger partial charge in [0.2, 0.25) is 0 Å². The summed E-state index contributed by atoms with van der Waals surface area (Å²) in [6.45, 7) is 5.34. The molecule has 2 rings (SSSR count). The molecule has 0 aliphatic rings. The van der Waals surface area contributed by atoms with E-state index >= 15 is 0 Å². The lowest BCUT2D eigenvalue weighted by Crippen LogP contribution is -2.36. The van der Waals surface area contributed by atoms with Crippen molar-refractivity contribution >= 4 is 47.2 Å². The fourth-order valence-electron chi connectivity index (χ4n) is 2.20. The van der Waals surface area contributed by atoms with Crippen molar-refractivity contribution in [3.8, 4) is 5.75 Å². The number of halogens is 1. The number of aliphatic imine (C=N–C) groups is 1. The molecular weight excluding hydrogens is 489 g/mol. The number of nitrogens with one attached hydrogen (secondary N) is 2. The van der Waals surface area contributed by atoms with Gasteiger partial charge in [0, 0.05) is 32.6 Å². The minimum Gasteiger partial charge on any atom is -0.484 e. The van der Waals surface area contributed by atoms with Gasteiger partial charge in [-0.25, -0.2) is 4.98 Å². The zero-order chi connectivity index (χ0) is 19.8. The molecule has 9 heteroatoms. The number of hydrogen-bond acceptors (Lipinski definition) is 5. The summed E-state index contributed by atoms with van der Waals surface area (Å²) in [6, 6.07) is 7.65. The summed E-state index contributed by atoms with van der Waals surface area (Å²) in [5.74, 6) is 1.30. The first-order valence-corrected chi connectivity index (χ1v) is 9.50. The maximum Gasteiger partial charge on any atom is 0.259 e. The van der Waals surface area contributed by atoms with Crippen LogP contribution < -0.4 is 15.4 Å². The predicted molar refractivity (Wildman–Crippen MR) is 125 cm³/mol. The van der Waals surface area contributed by atoms with E-state index in [4.69, 9.17) is 4.74 Å². The molecule has 2 aromatic rings. The zero-order valence-electron chi connectivity index (χ0n) is 16.9. The highest BCUT2D eigenvalue weighted by Gasteiger charge is 2.07. The molecule has 1 aromatic carbocycles. The summed E-state index contributed by atoms with van der Waals surface area (Å²) in [5, 5.41) is 7.58. The average molecular weight is 517 g/mol. The van der Waals surface area contributed by atoms with E-state index in [9.17, 15) is 4.79 Å². The molecule has 0 unspecified atom stereocenters. The van der Waals surface area contributed by atoms with Gasteiger partial charge in [-0.3, -0.25) is 9.79 Å². The monoisotopic (exact) mass is 517 g/mol. The predicted octanol–water partition coefficient (Wildman–Crippen LogP) is 2.71. The van der Waals surface area contributed by atoms with Gasteiger partial charge in [-0.15, -0.1) is 35.3 Å². The van der Waals surface area contributed by atoms with Crippen LogP contribution in [0.1, 0.15) is 21.1 Å². The zero-order valence-corrected chi connectivity index (χ0v) is 20.1. The third-order valence-corrected chi connectivity index (χ3v) is 5.00. The Bertz CT molecular complexity index is 788. The maximum absolute atomic E-state index is 11.6. The molecule has 0 radical (unpaired) electrons. The first kappa shape index (κ1) is 24.2. The van der Waals surface area contributed by atoms with Crippen molar-refractivity contribution in [2.45, 2.75) is 26.9 Å². The van der Waals surface area contributed by atoms with E-state index in [0.29, 0.717) is 24.8 Å². The number of rotatable bonds is 7. The lowest BCUT2D eigenvalue weighted by atomic mass is 10.2. The topological polar surface area (TPSA) is 78.9 Å². The Labute approximate surface area is 187 Å². The van der Waals surface area contributed by atoms with Crippen LogP contribution in [0.25, 0.3) is 0 Å². The van der Waals surface area contributed by atoms with Crippen molar-refractivity contribution < 1.29 is 9.53 Å². The number of guanidine groups is 1. The fourth-order valence-corrected chi connectivity index (χ4v) is 3.07. The third-order valence-electron chi connectivity index (χ3n) is 3.92. The molecule has 28 heavy (non-hydrogen) atoms. The van der Waals surface area contributed by atoms with Crippen LogP contribution in [0.15, 0.2) is 29.3 Å². The number of likely N-dealkylation sites (N-methyl/N-ethyl adjacent to an activating group) is 1.